The van der Waals surface area contributed by atoms with Gasteiger partial charge >= 0.3 is 0 Å². The zero-order valence-electron chi connectivity index (χ0n) is 6.33. The fourth-order valence-electron chi connectivity index (χ4n) is 1.16. The molecular formula is C8H12N2. The molecule has 0 aromatic carbocycles. The van der Waals surface area contributed by atoms with E-state index in [-0.39, 0.29) is 0 Å². The molecule has 0 aliphatic carbocycles. The van der Waals surface area contributed by atoms with Gasteiger partial charge in [-0.15, -0.1) is 0 Å². The number of nitrogens with zero attached hydrogens (tertiary/aromatic N) is 1. The highest BCUT2D eigenvalue weighted by Crippen LogP contribution is 2.45. The first-order chi connectivity index (χ1) is 4.83. The van der Waals surface area contributed by atoms with Crippen molar-refractivity contribution in [1.29, 1.82) is 0 Å². The predicted octanol–water partition coefficient (Wildman–Crippen LogP) is 1.04. The number of fused-ring (bicyclic) bond motifs is 1. The second kappa shape index (κ2) is 1.86. The highest BCUT2D eigenvalue weighted by Gasteiger charge is 2.51. The van der Waals surface area contributed by atoms with Gasteiger partial charge in [0.05, 0.1) is 5.70 Å². The molecular weight excluding hydrogens is 124 g/mol. The van der Waals surface area contributed by atoms with E-state index in [9.17, 15) is 0 Å². The summed E-state index contributed by atoms with van der Waals surface area (Å²) >= 11 is 0. The van der Waals surface area contributed by atoms with Gasteiger partial charge in [-0.2, -0.15) is 0 Å². The molecule has 2 rings (SSSR count). The lowest BCUT2D eigenvalue weighted by molar-refractivity contribution is 0.539. The largest absolute Gasteiger partial charge is 0.324 e. The van der Waals surface area contributed by atoms with Crippen LogP contribution in [0, 0.1) is 0 Å². The van der Waals surface area contributed by atoms with Crippen molar-refractivity contribution >= 4 is 0 Å². The van der Waals surface area contributed by atoms with Gasteiger partial charge in [0.15, 0.2) is 0 Å². The van der Waals surface area contributed by atoms with Crippen molar-refractivity contribution in [1.82, 2.24) is 10.2 Å². The minimum Gasteiger partial charge on any atom is -0.324 e. The van der Waals surface area contributed by atoms with Crippen LogP contribution in [0.5, 0.6) is 0 Å². The Kier molecular flexibility index (Phi) is 1.11. The van der Waals surface area contributed by atoms with Gasteiger partial charge in [0, 0.05) is 12.2 Å². The van der Waals surface area contributed by atoms with E-state index in [0.29, 0.717) is 12.2 Å². The third kappa shape index (κ3) is 0.847. The van der Waals surface area contributed by atoms with Crippen LogP contribution in [0.15, 0.2) is 24.0 Å². The van der Waals surface area contributed by atoms with Gasteiger partial charge in [0.1, 0.15) is 6.17 Å². The Bertz CT molecular complexity index is 205. The maximum absolute atomic E-state index is 3.43. The molecule has 0 saturated carbocycles. The molecule has 54 valence electrons. The first-order valence-electron chi connectivity index (χ1n) is 3.72. The lowest BCUT2D eigenvalue weighted by Gasteiger charge is -2.07. The van der Waals surface area contributed by atoms with Gasteiger partial charge in [-0.3, -0.25) is 5.32 Å². The van der Waals surface area contributed by atoms with E-state index in [1.54, 1.807) is 0 Å². The normalized spacial score (nSPS) is 30.0. The summed E-state index contributed by atoms with van der Waals surface area (Å²) in [5, 5.41) is 3.43. The molecule has 0 radical (unpaired) electrons. The maximum atomic E-state index is 3.43. The molecule has 0 aromatic rings. The molecule has 2 nitrogen and oxygen atoms in total. The van der Waals surface area contributed by atoms with Crippen LogP contribution in [-0.2, 0) is 0 Å². The number of allylic oxidation sites excluding steroid dienone is 1. The second-order valence-corrected chi connectivity index (χ2v) is 2.84. The number of rotatable bonds is 3. The molecule has 1 fully saturated rings. The minimum atomic E-state index is 0.503. The molecule has 10 heavy (non-hydrogen) atoms. The molecule has 1 saturated heterocycles. The van der Waals surface area contributed by atoms with Gasteiger partial charge in [0.2, 0.25) is 0 Å². The summed E-state index contributed by atoms with van der Waals surface area (Å²) < 4.78 is 0. The van der Waals surface area contributed by atoms with Crippen molar-refractivity contribution in [2.75, 3.05) is 0 Å². The van der Waals surface area contributed by atoms with Crippen LogP contribution in [0.25, 0.3) is 0 Å². The van der Waals surface area contributed by atoms with Gasteiger partial charge in [-0.25, -0.2) is 0 Å². The van der Waals surface area contributed by atoms with E-state index in [0.717, 1.165) is 0 Å². The number of nitrogens with one attached hydrogen (secondary N) is 1. The average molecular weight is 136 g/mol. The summed E-state index contributed by atoms with van der Waals surface area (Å²) in [6.45, 7) is 4.21. The Balaban J connectivity index is 1.74. The van der Waals surface area contributed by atoms with Crippen molar-refractivity contribution in [3.05, 3.63) is 24.0 Å². The maximum Gasteiger partial charge on any atom is 0.127 e. The Morgan fingerprint density at radius 2 is 2.50 bits per heavy atom. The first kappa shape index (κ1) is 5.98. The topological polar surface area (TPSA) is 15.0 Å². The van der Waals surface area contributed by atoms with Gasteiger partial charge in [-0.1, -0.05) is 12.2 Å². The van der Waals surface area contributed by atoms with E-state index in [1.807, 2.05) is 6.92 Å². The van der Waals surface area contributed by atoms with Crippen LogP contribution in [0.3, 0.4) is 0 Å². The summed E-state index contributed by atoms with van der Waals surface area (Å²) in [6, 6.07) is 0.503. The fourth-order valence-corrected chi connectivity index (χ4v) is 1.16. The van der Waals surface area contributed by atoms with Gasteiger partial charge in [-0.05, 0) is 13.8 Å². The van der Waals surface area contributed by atoms with E-state index in [1.165, 1.54) is 5.70 Å². The lowest BCUT2D eigenvalue weighted by atomic mass is 10.3. The fraction of sp³-hybridized carbons (Fsp3) is 0.500. The zero-order chi connectivity index (χ0) is 7.14. The van der Waals surface area contributed by atoms with Crippen LogP contribution in [0.1, 0.15) is 13.8 Å². The average Bonchev–Trinajstić information content (AvgIpc) is 2.69. The summed E-state index contributed by atoms with van der Waals surface area (Å²) in [4.78, 5) is 2.24. The van der Waals surface area contributed by atoms with E-state index in [4.69, 9.17) is 0 Å². The molecule has 0 spiro atoms. The Hall–Kier alpha value is -0.760. The highest BCUT2D eigenvalue weighted by atomic mass is 15.5. The second-order valence-electron chi connectivity index (χ2n) is 2.84. The molecule has 0 bridgehead atoms. The van der Waals surface area contributed by atoms with E-state index >= 15 is 0 Å². The smallest absolute Gasteiger partial charge is 0.127 e. The summed E-state index contributed by atoms with van der Waals surface area (Å²) in [5.41, 5.74) is 1.47. The SMILES string of the molecule is C/C=C/C(C)NC1C2=CN21. The third-order valence-electron chi connectivity index (χ3n) is 1.89. The minimum absolute atomic E-state index is 0.503. The lowest BCUT2D eigenvalue weighted by Crippen LogP contribution is -2.29. The van der Waals surface area contributed by atoms with Crippen molar-refractivity contribution in [3.63, 3.8) is 0 Å². The van der Waals surface area contributed by atoms with Crippen LogP contribution < -0.4 is 5.32 Å². The molecule has 2 aliphatic heterocycles. The molecule has 2 heterocycles. The van der Waals surface area contributed by atoms with Crippen LogP contribution in [-0.4, -0.2) is 17.1 Å². The number of hydrogen-bond acceptors (Lipinski definition) is 2. The van der Waals surface area contributed by atoms with Gasteiger partial charge < -0.3 is 4.90 Å². The van der Waals surface area contributed by atoms with Crippen molar-refractivity contribution in [2.45, 2.75) is 26.1 Å². The van der Waals surface area contributed by atoms with Gasteiger partial charge in [0.25, 0.3) is 0 Å². The molecule has 1 N–H and O–H groups in total. The molecule has 2 heteroatoms. The zero-order valence-corrected chi connectivity index (χ0v) is 6.33. The van der Waals surface area contributed by atoms with Crippen LogP contribution in [0.4, 0.5) is 0 Å². The molecule has 0 amide bonds. The predicted molar refractivity (Wildman–Crippen MR) is 41.1 cm³/mol. The summed E-state index contributed by atoms with van der Waals surface area (Å²) in [6.07, 6.45) is 6.99. The molecule has 2 aliphatic rings. The monoisotopic (exact) mass is 136 g/mol. The highest BCUT2D eigenvalue weighted by molar-refractivity contribution is 5.43. The molecule has 0 aromatic heterocycles. The Labute approximate surface area is 61.2 Å². The van der Waals surface area contributed by atoms with Crippen LogP contribution in [0.2, 0.25) is 0 Å². The van der Waals surface area contributed by atoms with E-state index in [2.05, 4.69) is 35.5 Å². The Morgan fingerprint density at radius 1 is 1.80 bits per heavy atom. The van der Waals surface area contributed by atoms with E-state index < -0.39 is 0 Å². The standard InChI is InChI=1S/C8H12N2/c1-3-4-6(2)9-8-7-5-10(7)8/h3-6,8-9H,1-2H3/b4-3+. The van der Waals surface area contributed by atoms with Crippen molar-refractivity contribution < 1.29 is 0 Å². The van der Waals surface area contributed by atoms with Crippen molar-refractivity contribution in [2.24, 2.45) is 0 Å². The third-order valence-corrected chi connectivity index (χ3v) is 1.89. The number of hydrogen-bond donors (Lipinski definition) is 1. The quantitative estimate of drug-likeness (QED) is 0.460. The summed E-state index contributed by atoms with van der Waals surface area (Å²) in [7, 11) is 0. The molecule has 2 atom stereocenters. The van der Waals surface area contributed by atoms with Crippen LogP contribution >= 0.6 is 0 Å². The summed E-state index contributed by atoms with van der Waals surface area (Å²) in [5.74, 6) is 0. The Morgan fingerprint density at radius 3 is 2.90 bits per heavy atom. The first-order valence-corrected chi connectivity index (χ1v) is 3.72. The van der Waals surface area contributed by atoms with Crippen molar-refractivity contribution in [3.8, 4) is 0 Å². The molecule has 2 unspecified atom stereocenters.